The van der Waals surface area contributed by atoms with Crippen LogP contribution in [0.25, 0.3) is 6.08 Å². The average molecular weight is 727 g/mol. The van der Waals surface area contributed by atoms with Crippen molar-refractivity contribution in [3.63, 3.8) is 0 Å². The first kappa shape index (κ1) is 31.6. The Morgan fingerprint density at radius 2 is 1.88 bits per heavy atom. The highest BCUT2D eigenvalue weighted by atomic mass is 127. The fraction of sp³-hybridized carbons (Fsp3) is 0.310. The third kappa shape index (κ3) is 6.50. The van der Waals surface area contributed by atoms with E-state index in [1.165, 1.54) is 23.0 Å². The monoisotopic (exact) mass is 726 g/mol. The number of hydrogen-bond donors (Lipinski definition) is 0. The van der Waals surface area contributed by atoms with Crippen LogP contribution in [0.5, 0.6) is 17.2 Å². The normalized spacial score (nSPS) is 14.6. The van der Waals surface area contributed by atoms with E-state index in [0.29, 0.717) is 55.0 Å². The number of allylic oxidation sites excluding steroid dienone is 1. The lowest BCUT2D eigenvalue weighted by atomic mass is 9.95. The Hall–Kier alpha value is -3.36. The van der Waals surface area contributed by atoms with Gasteiger partial charge in [0.15, 0.2) is 22.9 Å². The second kappa shape index (κ2) is 13.7. The van der Waals surface area contributed by atoms with Crippen LogP contribution in [0.15, 0.2) is 51.4 Å². The van der Waals surface area contributed by atoms with Crippen LogP contribution in [0.2, 0.25) is 5.02 Å². The molecule has 3 aromatic rings. The Morgan fingerprint density at radius 1 is 1.12 bits per heavy atom. The number of aromatic nitrogens is 1. The van der Waals surface area contributed by atoms with Crippen LogP contribution in [-0.4, -0.2) is 50.5 Å². The van der Waals surface area contributed by atoms with Crippen molar-refractivity contribution in [1.82, 2.24) is 4.57 Å². The standard InChI is InChI=1S/C29H28ClIN2O8S/c1-6-39-21-11-16(8-9-20(21)41-14-23(34)37-4)25-24(28(36)40-7-2)15(3)32-29-33(25)27(35)22(42-29)12-17-10-18(30)13-19(31)26(17)38-5/h8-13,25H,6-7,14H2,1-5H3/b22-12+/t25-/m1/s1. The molecule has 2 aromatic carbocycles. The summed E-state index contributed by atoms with van der Waals surface area (Å²) < 4.78 is 29.7. The zero-order valence-corrected chi connectivity index (χ0v) is 27.2. The summed E-state index contributed by atoms with van der Waals surface area (Å²) in [5.74, 6) is 0.0715. The molecule has 0 radical (unpaired) electrons. The van der Waals surface area contributed by atoms with Crippen LogP contribution in [-0.2, 0) is 19.1 Å². The summed E-state index contributed by atoms with van der Waals surface area (Å²) in [5.41, 5.74) is 1.47. The van der Waals surface area contributed by atoms with E-state index in [0.717, 1.165) is 3.57 Å². The van der Waals surface area contributed by atoms with Crippen LogP contribution >= 0.6 is 45.5 Å². The summed E-state index contributed by atoms with van der Waals surface area (Å²) in [7, 11) is 2.82. The van der Waals surface area contributed by atoms with Gasteiger partial charge in [-0.25, -0.2) is 14.6 Å². The van der Waals surface area contributed by atoms with Crippen LogP contribution in [0.3, 0.4) is 0 Å². The number of esters is 2. The van der Waals surface area contributed by atoms with Crippen molar-refractivity contribution in [3.05, 3.63) is 81.0 Å². The Morgan fingerprint density at radius 3 is 2.55 bits per heavy atom. The van der Waals surface area contributed by atoms with E-state index in [4.69, 9.17) is 30.5 Å². The molecule has 1 aliphatic heterocycles. The predicted molar refractivity (Wildman–Crippen MR) is 166 cm³/mol. The van der Waals surface area contributed by atoms with E-state index < -0.39 is 18.0 Å². The van der Waals surface area contributed by atoms with Gasteiger partial charge in [0.1, 0.15) is 5.75 Å². The molecule has 0 unspecified atom stereocenters. The Labute approximate surface area is 264 Å². The Kier molecular flexibility index (Phi) is 10.3. The number of thiazole rings is 1. The molecule has 2 heterocycles. The first-order valence-corrected chi connectivity index (χ1v) is 15.1. The molecular formula is C29H28ClIN2O8S. The topological polar surface area (TPSA) is 115 Å². The first-order chi connectivity index (χ1) is 20.1. The van der Waals surface area contributed by atoms with Crippen LogP contribution in [0.1, 0.15) is 37.9 Å². The number of ether oxygens (including phenoxy) is 5. The minimum absolute atomic E-state index is 0.143. The average Bonchev–Trinajstić information content (AvgIpc) is 3.25. The van der Waals surface area contributed by atoms with Gasteiger partial charge in [0.2, 0.25) is 0 Å². The van der Waals surface area contributed by atoms with Gasteiger partial charge in [-0.2, -0.15) is 0 Å². The number of fused-ring (bicyclic) bond motifs is 1. The van der Waals surface area contributed by atoms with Crippen LogP contribution in [0, 0.1) is 3.57 Å². The molecule has 0 amide bonds. The largest absolute Gasteiger partial charge is 0.495 e. The van der Waals surface area contributed by atoms with Gasteiger partial charge in [-0.15, -0.1) is 0 Å². The van der Waals surface area contributed by atoms with Gasteiger partial charge in [0.25, 0.3) is 5.56 Å². The summed E-state index contributed by atoms with van der Waals surface area (Å²) in [6.45, 7) is 5.35. The van der Waals surface area contributed by atoms with Crippen molar-refractivity contribution < 1.29 is 33.3 Å². The molecule has 1 aromatic heterocycles. The quantitative estimate of drug-likeness (QED) is 0.228. The fourth-order valence-electron chi connectivity index (χ4n) is 4.43. The fourth-order valence-corrected chi connectivity index (χ4v) is 6.74. The molecular weight excluding hydrogens is 699 g/mol. The second-order valence-corrected chi connectivity index (χ2v) is 11.4. The van der Waals surface area contributed by atoms with Crippen molar-refractivity contribution in [2.24, 2.45) is 4.99 Å². The summed E-state index contributed by atoms with van der Waals surface area (Å²) in [5, 5.41) is 0.496. The van der Waals surface area contributed by atoms with E-state index in [-0.39, 0.29) is 24.3 Å². The lowest BCUT2D eigenvalue weighted by Gasteiger charge is -2.25. The van der Waals surface area contributed by atoms with Gasteiger partial charge in [0, 0.05) is 10.6 Å². The number of rotatable bonds is 10. The minimum Gasteiger partial charge on any atom is -0.495 e. The Balaban J connectivity index is 1.94. The molecule has 0 spiro atoms. The van der Waals surface area contributed by atoms with Gasteiger partial charge in [-0.3, -0.25) is 9.36 Å². The van der Waals surface area contributed by atoms with Gasteiger partial charge >= 0.3 is 11.9 Å². The number of nitrogens with zero attached hydrogens (tertiary/aromatic N) is 2. The highest BCUT2D eigenvalue weighted by molar-refractivity contribution is 14.1. The summed E-state index contributed by atoms with van der Waals surface area (Å²) >= 11 is 9.61. The SMILES string of the molecule is CCOC(=O)C1=C(C)N=c2s/c(=C/c3cc(Cl)cc(I)c3OC)c(=O)n2[C@@H]1c1ccc(OCC(=O)OC)c(OCC)c1. The molecule has 0 saturated carbocycles. The zero-order valence-electron chi connectivity index (χ0n) is 23.5. The number of carbonyl (C=O) groups is 2. The molecule has 0 fully saturated rings. The smallest absolute Gasteiger partial charge is 0.343 e. The summed E-state index contributed by atoms with van der Waals surface area (Å²) in [6, 6.07) is 7.61. The molecule has 0 N–H and O–H groups in total. The molecule has 0 saturated heterocycles. The molecule has 0 aliphatic carbocycles. The van der Waals surface area contributed by atoms with E-state index >= 15 is 0 Å². The highest BCUT2D eigenvalue weighted by Gasteiger charge is 2.34. The lowest BCUT2D eigenvalue weighted by molar-refractivity contribution is -0.143. The number of benzene rings is 2. The van der Waals surface area contributed by atoms with Crippen molar-refractivity contribution in [1.29, 1.82) is 0 Å². The molecule has 0 bridgehead atoms. The third-order valence-corrected chi connectivity index (χ3v) is 8.20. The van der Waals surface area contributed by atoms with Crippen LogP contribution in [0.4, 0.5) is 0 Å². The van der Waals surface area contributed by atoms with Crippen molar-refractivity contribution in [2.45, 2.75) is 26.8 Å². The molecule has 222 valence electrons. The van der Waals surface area contributed by atoms with E-state index in [1.807, 2.05) is 0 Å². The highest BCUT2D eigenvalue weighted by Crippen LogP contribution is 2.36. The zero-order chi connectivity index (χ0) is 30.6. The number of methoxy groups -OCH3 is 2. The molecule has 4 rings (SSSR count). The van der Waals surface area contributed by atoms with Crippen molar-refractivity contribution in [2.75, 3.05) is 34.0 Å². The second-order valence-electron chi connectivity index (χ2n) is 8.82. The maximum absolute atomic E-state index is 14.0. The lowest BCUT2D eigenvalue weighted by Crippen LogP contribution is -2.40. The van der Waals surface area contributed by atoms with Gasteiger partial charge in [0.05, 0.1) is 52.8 Å². The number of halogens is 2. The molecule has 42 heavy (non-hydrogen) atoms. The van der Waals surface area contributed by atoms with Gasteiger partial charge < -0.3 is 23.7 Å². The Bertz CT molecular complexity index is 1750. The van der Waals surface area contributed by atoms with E-state index in [9.17, 15) is 14.4 Å². The number of carbonyl (C=O) groups excluding carboxylic acids is 2. The predicted octanol–water partition coefficient (Wildman–Crippen LogP) is 4.02. The van der Waals surface area contributed by atoms with Crippen LogP contribution < -0.4 is 29.1 Å². The molecule has 1 aliphatic rings. The maximum atomic E-state index is 14.0. The first-order valence-electron chi connectivity index (χ1n) is 12.8. The van der Waals surface area contributed by atoms with E-state index in [1.54, 1.807) is 64.3 Å². The van der Waals surface area contributed by atoms with Gasteiger partial charge in [-0.1, -0.05) is 29.0 Å². The van der Waals surface area contributed by atoms with Crippen molar-refractivity contribution in [3.8, 4) is 17.2 Å². The maximum Gasteiger partial charge on any atom is 0.343 e. The minimum atomic E-state index is -0.877. The van der Waals surface area contributed by atoms with Gasteiger partial charge in [-0.05, 0) is 79.3 Å². The molecule has 10 nitrogen and oxygen atoms in total. The summed E-state index contributed by atoms with van der Waals surface area (Å²) in [4.78, 5) is 44.0. The molecule has 1 atom stereocenters. The third-order valence-electron chi connectivity index (χ3n) is 6.20. The molecule has 13 heteroatoms. The summed E-state index contributed by atoms with van der Waals surface area (Å²) in [6.07, 6.45) is 1.70. The van der Waals surface area contributed by atoms with Crippen molar-refractivity contribution >= 4 is 63.5 Å². The van der Waals surface area contributed by atoms with E-state index in [2.05, 4.69) is 32.3 Å². The number of hydrogen-bond acceptors (Lipinski definition) is 10.